The molecule has 0 radical (unpaired) electrons. The molecule has 9 heteroatoms. The summed E-state index contributed by atoms with van der Waals surface area (Å²) in [5.41, 5.74) is -3.53. The van der Waals surface area contributed by atoms with Gasteiger partial charge in [-0.2, -0.15) is 26.3 Å². The number of rotatable bonds is 3. The van der Waals surface area contributed by atoms with E-state index >= 15 is 0 Å². The molecule has 0 aliphatic carbocycles. The van der Waals surface area contributed by atoms with E-state index in [-0.39, 0.29) is 6.54 Å². The van der Waals surface area contributed by atoms with Gasteiger partial charge in [-0.15, -0.1) is 5.10 Å². The van der Waals surface area contributed by atoms with Crippen LogP contribution in [0.2, 0.25) is 0 Å². The lowest BCUT2D eigenvalue weighted by Crippen LogP contribution is -2.14. The van der Waals surface area contributed by atoms with Crippen LogP contribution >= 0.6 is 0 Å². The third kappa shape index (κ3) is 3.71. The maximum Gasteiger partial charge on any atom is 0.417 e. The largest absolute Gasteiger partial charge is 0.417 e. The number of nitrogens with zero attached hydrogens (tertiary/aromatic N) is 3. The van der Waals surface area contributed by atoms with E-state index in [4.69, 9.17) is 0 Å². The second kappa shape index (κ2) is 6.47. The summed E-state index contributed by atoms with van der Waals surface area (Å²) in [5.74, 6) is 0. The fourth-order valence-corrected chi connectivity index (χ4v) is 2.56. The van der Waals surface area contributed by atoms with Crippen molar-refractivity contribution in [2.75, 3.05) is 0 Å². The van der Waals surface area contributed by atoms with E-state index in [2.05, 4.69) is 10.3 Å². The van der Waals surface area contributed by atoms with Gasteiger partial charge >= 0.3 is 12.4 Å². The van der Waals surface area contributed by atoms with Gasteiger partial charge in [0.25, 0.3) is 0 Å². The molecule has 0 aliphatic rings. The highest BCUT2D eigenvalue weighted by Gasteiger charge is 2.41. The topological polar surface area (TPSA) is 30.7 Å². The van der Waals surface area contributed by atoms with Crippen LogP contribution in [-0.2, 0) is 18.9 Å². The molecule has 0 N–H and O–H groups in total. The summed E-state index contributed by atoms with van der Waals surface area (Å²) in [6, 6.07) is 10.7. The first kappa shape index (κ1) is 18.0. The van der Waals surface area contributed by atoms with Gasteiger partial charge in [0.15, 0.2) is 0 Å². The maximum atomic E-state index is 13.2. The molecule has 0 saturated carbocycles. The predicted octanol–water partition coefficient (Wildman–Crippen LogP) is 5.03. The van der Waals surface area contributed by atoms with Gasteiger partial charge in [-0.05, 0) is 17.7 Å². The summed E-state index contributed by atoms with van der Waals surface area (Å²) in [7, 11) is 0. The van der Waals surface area contributed by atoms with Gasteiger partial charge in [0.1, 0.15) is 5.69 Å². The van der Waals surface area contributed by atoms with Crippen LogP contribution in [0.5, 0.6) is 0 Å². The Balaban J connectivity index is 2.09. The Kier molecular flexibility index (Phi) is 4.47. The van der Waals surface area contributed by atoms with E-state index in [1.807, 2.05) is 0 Å². The number of halogens is 6. The van der Waals surface area contributed by atoms with Gasteiger partial charge in [0.2, 0.25) is 0 Å². The first-order chi connectivity index (χ1) is 12.2. The Morgan fingerprint density at radius 1 is 0.769 bits per heavy atom. The van der Waals surface area contributed by atoms with E-state index in [9.17, 15) is 26.3 Å². The fourth-order valence-electron chi connectivity index (χ4n) is 2.56. The Morgan fingerprint density at radius 3 is 1.88 bits per heavy atom. The van der Waals surface area contributed by atoms with Crippen molar-refractivity contribution in [1.82, 2.24) is 15.0 Å². The fraction of sp³-hybridized carbons (Fsp3) is 0.176. The van der Waals surface area contributed by atoms with Crippen molar-refractivity contribution < 1.29 is 26.3 Å². The molecule has 0 fully saturated rings. The molecule has 2 aromatic carbocycles. The summed E-state index contributed by atoms with van der Waals surface area (Å²) in [4.78, 5) is 0. The molecule has 0 saturated heterocycles. The minimum absolute atomic E-state index is 0.170. The van der Waals surface area contributed by atoms with Crippen molar-refractivity contribution in [2.24, 2.45) is 0 Å². The molecule has 0 unspecified atom stereocenters. The number of hydrogen-bond donors (Lipinski definition) is 0. The molecule has 26 heavy (non-hydrogen) atoms. The summed E-state index contributed by atoms with van der Waals surface area (Å²) < 4.78 is 80.6. The molecule has 1 heterocycles. The molecule has 136 valence electrons. The maximum absolute atomic E-state index is 13.2. The van der Waals surface area contributed by atoms with Crippen molar-refractivity contribution in [3.05, 3.63) is 71.4 Å². The molecular formula is C17H11F6N3. The van der Waals surface area contributed by atoms with Gasteiger partial charge in [-0.1, -0.05) is 41.6 Å². The summed E-state index contributed by atoms with van der Waals surface area (Å²) in [6.07, 6.45) is -8.84. The molecule has 3 rings (SSSR count). The molecule has 0 bridgehead atoms. The lowest BCUT2D eigenvalue weighted by atomic mass is 9.97. The first-order valence-corrected chi connectivity index (χ1v) is 7.38. The highest BCUT2D eigenvalue weighted by molar-refractivity contribution is 5.68. The molecule has 0 amide bonds. The minimum atomic E-state index is -4.96. The molecule has 1 aromatic heterocycles. The van der Waals surface area contributed by atoms with Crippen LogP contribution in [0, 0.1) is 0 Å². The second-order valence-corrected chi connectivity index (χ2v) is 5.51. The zero-order valence-corrected chi connectivity index (χ0v) is 13.0. The van der Waals surface area contributed by atoms with Gasteiger partial charge < -0.3 is 0 Å². The molecule has 3 nitrogen and oxygen atoms in total. The molecule has 0 spiro atoms. The first-order valence-electron chi connectivity index (χ1n) is 7.38. The monoisotopic (exact) mass is 371 g/mol. The van der Waals surface area contributed by atoms with Crippen LogP contribution in [0.3, 0.4) is 0 Å². The van der Waals surface area contributed by atoms with Crippen molar-refractivity contribution >= 4 is 0 Å². The van der Waals surface area contributed by atoms with Crippen molar-refractivity contribution in [3.63, 3.8) is 0 Å². The van der Waals surface area contributed by atoms with Gasteiger partial charge in [0.05, 0.1) is 23.9 Å². The van der Waals surface area contributed by atoms with Crippen molar-refractivity contribution in [1.29, 1.82) is 0 Å². The van der Waals surface area contributed by atoms with Crippen LogP contribution < -0.4 is 0 Å². The highest BCUT2D eigenvalue weighted by atomic mass is 19.4. The zero-order chi connectivity index (χ0) is 18.9. The highest BCUT2D eigenvalue weighted by Crippen LogP contribution is 2.43. The van der Waals surface area contributed by atoms with Crippen LogP contribution in [0.15, 0.2) is 54.7 Å². The lowest BCUT2D eigenvalue weighted by molar-refractivity contribution is -0.142. The number of hydrogen-bond acceptors (Lipinski definition) is 2. The molecular weight excluding hydrogens is 360 g/mol. The zero-order valence-electron chi connectivity index (χ0n) is 13.0. The third-order valence-electron chi connectivity index (χ3n) is 3.66. The third-order valence-corrected chi connectivity index (χ3v) is 3.66. The standard InChI is InChI=1S/C17H11F6N3/c18-16(19,20)12-7-4-8-13(17(21,22)23)15(12)14-10-26(25-24-14)9-11-5-2-1-3-6-11/h1-8,10H,9H2. The van der Waals surface area contributed by atoms with Crippen LogP contribution in [0.4, 0.5) is 26.3 Å². The number of alkyl halides is 6. The van der Waals surface area contributed by atoms with Crippen LogP contribution in [0.1, 0.15) is 16.7 Å². The summed E-state index contributed by atoms with van der Waals surface area (Å²) in [5, 5.41) is 7.21. The SMILES string of the molecule is FC(F)(F)c1cccc(C(F)(F)F)c1-c1cn(Cc2ccccc2)nn1. The molecule has 3 aromatic rings. The average molecular weight is 371 g/mol. The molecule has 0 aliphatic heterocycles. The van der Waals surface area contributed by atoms with Crippen LogP contribution in [0.25, 0.3) is 11.3 Å². The summed E-state index contributed by atoms with van der Waals surface area (Å²) in [6.45, 7) is 0.170. The smallest absolute Gasteiger partial charge is 0.247 e. The number of benzene rings is 2. The van der Waals surface area contributed by atoms with E-state index in [0.717, 1.165) is 17.8 Å². The quantitative estimate of drug-likeness (QED) is 0.605. The van der Waals surface area contributed by atoms with Crippen molar-refractivity contribution in [3.8, 4) is 11.3 Å². The van der Waals surface area contributed by atoms with Crippen LogP contribution in [-0.4, -0.2) is 15.0 Å². The normalized spacial score (nSPS) is 12.4. The second-order valence-electron chi connectivity index (χ2n) is 5.51. The van der Waals surface area contributed by atoms with E-state index < -0.39 is 34.7 Å². The van der Waals surface area contributed by atoms with E-state index in [1.165, 1.54) is 4.68 Å². The molecule has 0 atom stereocenters. The predicted molar refractivity (Wildman–Crippen MR) is 81.0 cm³/mol. The Labute approximate surface area is 143 Å². The number of aromatic nitrogens is 3. The van der Waals surface area contributed by atoms with Gasteiger partial charge in [-0.3, -0.25) is 0 Å². The Hall–Kier alpha value is -2.84. The lowest BCUT2D eigenvalue weighted by Gasteiger charge is -2.16. The van der Waals surface area contributed by atoms with E-state index in [0.29, 0.717) is 12.1 Å². The van der Waals surface area contributed by atoms with Gasteiger partial charge in [-0.25, -0.2) is 4.68 Å². The van der Waals surface area contributed by atoms with Crippen molar-refractivity contribution in [2.45, 2.75) is 18.9 Å². The minimum Gasteiger partial charge on any atom is -0.247 e. The Bertz CT molecular complexity index is 865. The average Bonchev–Trinajstić information content (AvgIpc) is 3.02. The summed E-state index contributed by atoms with van der Waals surface area (Å²) >= 11 is 0. The van der Waals surface area contributed by atoms with E-state index in [1.54, 1.807) is 30.3 Å². The Morgan fingerprint density at radius 2 is 1.35 bits per heavy atom. The van der Waals surface area contributed by atoms with Gasteiger partial charge in [0, 0.05) is 5.56 Å².